The molecule has 0 heterocycles. The number of nitrogens with one attached hydrogen (secondary N) is 2. The fourth-order valence-corrected chi connectivity index (χ4v) is 1.24. The van der Waals surface area contributed by atoms with E-state index in [9.17, 15) is 18.0 Å². The predicted molar refractivity (Wildman–Crippen MR) is 63.3 cm³/mol. The predicted octanol–water partition coefficient (Wildman–Crippen LogP) is 3.40. The van der Waals surface area contributed by atoms with Crippen LogP contribution in [-0.4, -0.2) is 12.6 Å². The third-order valence-electron chi connectivity index (χ3n) is 2.08. The quantitative estimate of drug-likeness (QED) is 0.630. The molecule has 0 saturated carbocycles. The molecule has 1 aromatic rings. The number of halogens is 3. The zero-order valence-corrected chi connectivity index (χ0v) is 9.55. The molecule has 3 nitrogen and oxygen atoms in total. The van der Waals surface area contributed by atoms with Crippen molar-refractivity contribution in [1.29, 1.82) is 0 Å². The van der Waals surface area contributed by atoms with Crippen molar-refractivity contribution in [3.8, 4) is 0 Å². The van der Waals surface area contributed by atoms with Gasteiger partial charge in [0.15, 0.2) is 0 Å². The third kappa shape index (κ3) is 4.48. The molecule has 1 rings (SSSR count). The summed E-state index contributed by atoms with van der Waals surface area (Å²) in [4.78, 5) is 11.3. The van der Waals surface area contributed by atoms with Crippen molar-refractivity contribution in [2.24, 2.45) is 0 Å². The SMILES string of the molecule is C=CCCNC(=O)Nc1cccc(C(F)(F)F)c1. The van der Waals surface area contributed by atoms with Gasteiger partial charge in [-0.05, 0) is 24.6 Å². The highest BCUT2D eigenvalue weighted by Crippen LogP contribution is 2.30. The molecule has 0 radical (unpaired) electrons. The van der Waals surface area contributed by atoms with E-state index in [2.05, 4.69) is 17.2 Å². The van der Waals surface area contributed by atoms with Gasteiger partial charge < -0.3 is 10.6 Å². The van der Waals surface area contributed by atoms with Crippen molar-refractivity contribution in [3.05, 3.63) is 42.5 Å². The van der Waals surface area contributed by atoms with E-state index in [1.165, 1.54) is 12.1 Å². The molecule has 0 bridgehead atoms. The van der Waals surface area contributed by atoms with Gasteiger partial charge in [-0.15, -0.1) is 6.58 Å². The molecule has 0 fully saturated rings. The summed E-state index contributed by atoms with van der Waals surface area (Å²) >= 11 is 0. The van der Waals surface area contributed by atoms with E-state index < -0.39 is 17.8 Å². The highest BCUT2D eigenvalue weighted by Gasteiger charge is 2.30. The standard InChI is InChI=1S/C12H13F3N2O/c1-2-3-7-16-11(18)17-10-6-4-5-9(8-10)12(13,14)15/h2,4-6,8H,1,3,7H2,(H2,16,17,18). The van der Waals surface area contributed by atoms with Crippen molar-refractivity contribution in [2.45, 2.75) is 12.6 Å². The number of carbonyl (C=O) groups is 1. The van der Waals surface area contributed by atoms with Gasteiger partial charge in [-0.3, -0.25) is 0 Å². The van der Waals surface area contributed by atoms with Crippen LogP contribution >= 0.6 is 0 Å². The number of urea groups is 1. The molecule has 1 aromatic carbocycles. The third-order valence-corrected chi connectivity index (χ3v) is 2.08. The molecule has 0 aliphatic heterocycles. The second kappa shape index (κ2) is 6.09. The molecule has 18 heavy (non-hydrogen) atoms. The van der Waals surface area contributed by atoms with E-state index in [4.69, 9.17) is 0 Å². The molecule has 2 N–H and O–H groups in total. The van der Waals surface area contributed by atoms with Gasteiger partial charge in [0.05, 0.1) is 5.56 Å². The van der Waals surface area contributed by atoms with Gasteiger partial charge in [0.1, 0.15) is 0 Å². The van der Waals surface area contributed by atoms with Crippen molar-refractivity contribution >= 4 is 11.7 Å². The Kier molecular flexibility index (Phi) is 4.76. The summed E-state index contributed by atoms with van der Waals surface area (Å²) in [5, 5.41) is 4.82. The highest BCUT2D eigenvalue weighted by atomic mass is 19.4. The van der Waals surface area contributed by atoms with Crippen LogP contribution in [0.1, 0.15) is 12.0 Å². The first-order chi connectivity index (χ1) is 8.43. The average molecular weight is 258 g/mol. The van der Waals surface area contributed by atoms with Gasteiger partial charge in [-0.2, -0.15) is 13.2 Å². The summed E-state index contributed by atoms with van der Waals surface area (Å²) < 4.78 is 37.2. The summed E-state index contributed by atoms with van der Waals surface area (Å²) in [5.74, 6) is 0. The molecule has 0 aliphatic carbocycles. The second-order valence-corrected chi connectivity index (χ2v) is 3.54. The Balaban J connectivity index is 2.62. The zero-order chi connectivity index (χ0) is 13.6. The lowest BCUT2D eigenvalue weighted by molar-refractivity contribution is -0.137. The fourth-order valence-electron chi connectivity index (χ4n) is 1.24. The zero-order valence-electron chi connectivity index (χ0n) is 9.55. The molecule has 0 aromatic heterocycles. The molecular weight excluding hydrogens is 245 g/mol. The number of anilines is 1. The Bertz CT molecular complexity index is 430. The molecule has 98 valence electrons. The normalized spacial score (nSPS) is 10.8. The first kappa shape index (κ1) is 14.1. The molecule has 0 unspecified atom stereocenters. The Hall–Kier alpha value is -1.98. The number of hydrogen-bond acceptors (Lipinski definition) is 1. The van der Waals surface area contributed by atoms with Crippen LogP contribution in [0.25, 0.3) is 0 Å². The first-order valence-corrected chi connectivity index (χ1v) is 5.26. The minimum atomic E-state index is -4.42. The maximum absolute atomic E-state index is 12.4. The molecular formula is C12H13F3N2O. The summed E-state index contributed by atoms with van der Waals surface area (Å²) in [6.07, 6.45) is -2.20. The smallest absolute Gasteiger partial charge is 0.338 e. The van der Waals surface area contributed by atoms with Crippen molar-refractivity contribution in [3.63, 3.8) is 0 Å². The first-order valence-electron chi connectivity index (χ1n) is 5.26. The number of carbonyl (C=O) groups excluding carboxylic acids is 1. The molecule has 0 aliphatic rings. The summed E-state index contributed by atoms with van der Waals surface area (Å²) in [7, 11) is 0. The fraction of sp³-hybridized carbons (Fsp3) is 0.250. The summed E-state index contributed by atoms with van der Waals surface area (Å²) in [6, 6.07) is 3.91. The molecule has 2 amide bonds. The van der Waals surface area contributed by atoms with Crippen LogP contribution in [0.2, 0.25) is 0 Å². The van der Waals surface area contributed by atoms with Crippen molar-refractivity contribution in [2.75, 3.05) is 11.9 Å². The minimum Gasteiger partial charge on any atom is -0.338 e. The monoisotopic (exact) mass is 258 g/mol. The van der Waals surface area contributed by atoms with Gasteiger partial charge in [0, 0.05) is 12.2 Å². The lowest BCUT2D eigenvalue weighted by Gasteiger charge is -2.10. The van der Waals surface area contributed by atoms with E-state index in [1.807, 2.05) is 0 Å². The van der Waals surface area contributed by atoms with E-state index in [1.54, 1.807) is 6.08 Å². The summed E-state index contributed by atoms with van der Waals surface area (Å²) in [5.41, 5.74) is -0.702. The lowest BCUT2D eigenvalue weighted by atomic mass is 10.2. The Labute approximate surface area is 103 Å². The van der Waals surface area contributed by atoms with Gasteiger partial charge in [0.25, 0.3) is 0 Å². The van der Waals surface area contributed by atoms with Gasteiger partial charge in [0.2, 0.25) is 0 Å². The van der Waals surface area contributed by atoms with Crippen LogP contribution in [-0.2, 0) is 6.18 Å². The van der Waals surface area contributed by atoms with Gasteiger partial charge in [-0.25, -0.2) is 4.79 Å². The topological polar surface area (TPSA) is 41.1 Å². The van der Waals surface area contributed by atoms with Gasteiger partial charge >= 0.3 is 12.2 Å². The Morgan fingerprint density at radius 1 is 1.39 bits per heavy atom. The van der Waals surface area contributed by atoms with Crippen LogP contribution in [0.4, 0.5) is 23.7 Å². The lowest BCUT2D eigenvalue weighted by Crippen LogP contribution is -2.29. The van der Waals surface area contributed by atoms with E-state index in [0.717, 1.165) is 12.1 Å². The van der Waals surface area contributed by atoms with Crippen LogP contribution in [0.3, 0.4) is 0 Å². The minimum absolute atomic E-state index is 0.0981. The number of hydrogen-bond donors (Lipinski definition) is 2. The van der Waals surface area contributed by atoms with Gasteiger partial charge in [-0.1, -0.05) is 12.1 Å². The average Bonchev–Trinajstić information content (AvgIpc) is 2.28. The van der Waals surface area contributed by atoms with E-state index in [0.29, 0.717) is 13.0 Å². The Morgan fingerprint density at radius 2 is 2.11 bits per heavy atom. The number of rotatable bonds is 4. The Morgan fingerprint density at radius 3 is 2.72 bits per heavy atom. The molecule has 6 heteroatoms. The van der Waals surface area contributed by atoms with Crippen LogP contribution in [0, 0.1) is 0 Å². The van der Waals surface area contributed by atoms with Crippen LogP contribution < -0.4 is 10.6 Å². The molecule has 0 spiro atoms. The number of benzene rings is 1. The van der Waals surface area contributed by atoms with Crippen LogP contribution in [0.15, 0.2) is 36.9 Å². The van der Waals surface area contributed by atoms with E-state index >= 15 is 0 Å². The summed E-state index contributed by atoms with van der Waals surface area (Å²) in [6.45, 7) is 3.87. The maximum Gasteiger partial charge on any atom is 0.416 e. The van der Waals surface area contributed by atoms with Crippen LogP contribution in [0.5, 0.6) is 0 Å². The second-order valence-electron chi connectivity index (χ2n) is 3.54. The highest BCUT2D eigenvalue weighted by molar-refractivity contribution is 5.89. The maximum atomic E-state index is 12.4. The molecule has 0 saturated heterocycles. The molecule has 0 atom stereocenters. The largest absolute Gasteiger partial charge is 0.416 e. The van der Waals surface area contributed by atoms with Crippen molar-refractivity contribution < 1.29 is 18.0 Å². The number of amides is 2. The van der Waals surface area contributed by atoms with E-state index in [-0.39, 0.29) is 5.69 Å². The number of alkyl halides is 3. The van der Waals surface area contributed by atoms with Crippen molar-refractivity contribution in [1.82, 2.24) is 5.32 Å².